The van der Waals surface area contributed by atoms with Crippen molar-refractivity contribution >= 4 is 36.0 Å². The van der Waals surface area contributed by atoms with Gasteiger partial charge in [-0.25, -0.2) is 4.79 Å². The van der Waals surface area contributed by atoms with Crippen LogP contribution in [-0.4, -0.2) is 126 Å². The van der Waals surface area contributed by atoms with Crippen molar-refractivity contribution in [2.24, 2.45) is 29.6 Å². The Balaban J connectivity index is 2.28. The number of aliphatic hydroxyl groups is 1. The summed E-state index contributed by atoms with van der Waals surface area (Å²) in [5.74, 6) is -3.87. The van der Waals surface area contributed by atoms with Gasteiger partial charge >= 0.3 is 6.09 Å². The standard InChI is InChI=1S/C42H69N5O9/c1-13-27(7)36(45(10)41(53)34(25(3)4)44-40(52)35(26(5)6)46(11)42(54)56-14-2)31(24-48)23-33(49)47-22-18-21-32(47)38(55-12)28(8)39(51)43-29(9)37(50)30-19-16-15-17-20-30/h15-17,19-20,24-29,31-32,34-38,50H,13-14,18,21-23H2,1-12H3,(H,43,51)(H,44,52)/t27-,28+,29+,31-,32-,34-,35?,36-,37+,38+/m0/s1. The number of benzene rings is 1. The number of nitrogens with one attached hydrogen (secondary N) is 2. The molecular weight excluding hydrogens is 718 g/mol. The van der Waals surface area contributed by atoms with E-state index in [4.69, 9.17) is 9.47 Å². The molecule has 1 fully saturated rings. The number of ether oxygens (including phenoxy) is 2. The molecule has 56 heavy (non-hydrogen) atoms. The highest BCUT2D eigenvalue weighted by Crippen LogP contribution is 2.31. The molecule has 0 aromatic heterocycles. The number of methoxy groups -OCH3 is 1. The molecule has 2 rings (SSSR count). The molecule has 1 aliphatic rings. The van der Waals surface area contributed by atoms with Crippen molar-refractivity contribution in [1.29, 1.82) is 0 Å². The number of nitrogens with zero attached hydrogens (tertiary/aromatic N) is 3. The van der Waals surface area contributed by atoms with Crippen LogP contribution in [0.3, 0.4) is 0 Å². The van der Waals surface area contributed by atoms with Crippen LogP contribution in [0.4, 0.5) is 4.79 Å². The summed E-state index contributed by atoms with van der Waals surface area (Å²) >= 11 is 0. The summed E-state index contributed by atoms with van der Waals surface area (Å²) in [6.45, 7) is 16.8. The monoisotopic (exact) mass is 788 g/mol. The second kappa shape index (κ2) is 22.6. The van der Waals surface area contributed by atoms with Gasteiger partial charge in [0.15, 0.2) is 0 Å². The Morgan fingerprint density at radius 1 is 0.929 bits per heavy atom. The number of carbonyl (C=O) groups is 6. The van der Waals surface area contributed by atoms with Crippen LogP contribution in [0, 0.1) is 29.6 Å². The predicted molar refractivity (Wildman–Crippen MR) is 214 cm³/mol. The van der Waals surface area contributed by atoms with Crippen molar-refractivity contribution in [3.05, 3.63) is 35.9 Å². The van der Waals surface area contributed by atoms with E-state index in [1.165, 1.54) is 24.0 Å². The summed E-state index contributed by atoms with van der Waals surface area (Å²) in [5, 5.41) is 16.6. The van der Waals surface area contributed by atoms with Gasteiger partial charge in [0.1, 0.15) is 18.4 Å². The number of aliphatic hydroxyl groups excluding tert-OH is 1. The number of hydrogen-bond donors (Lipinski definition) is 3. The highest BCUT2D eigenvalue weighted by Gasteiger charge is 2.43. The van der Waals surface area contributed by atoms with Crippen molar-refractivity contribution in [2.45, 2.75) is 130 Å². The molecule has 5 amide bonds. The van der Waals surface area contributed by atoms with E-state index in [9.17, 15) is 33.9 Å². The summed E-state index contributed by atoms with van der Waals surface area (Å²) in [4.78, 5) is 85.4. The summed E-state index contributed by atoms with van der Waals surface area (Å²) in [5.41, 5.74) is 0.680. The van der Waals surface area contributed by atoms with Gasteiger partial charge in [-0.1, -0.05) is 85.2 Å². The molecule has 0 radical (unpaired) electrons. The second-order valence-electron chi connectivity index (χ2n) is 16.0. The van der Waals surface area contributed by atoms with Crippen molar-refractivity contribution in [3.63, 3.8) is 0 Å². The number of hydrogen-bond acceptors (Lipinski definition) is 9. The van der Waals surface area contributed by atoms with Crippen molar-refractivity contribution in [3.8, 4) is 0 Å². The van der Waals surface area contributed by atoms with Crippen LogP contribution < -0.4 is 10.6 Å². The highest BCUT2D eigenvalue weighted by atomic mass is 16.6. The van der Waals surface area contributed by atoms with E-state index >= 15 is 0 Å². The fraction of sp³-hybridized carbons (Fsp3) is 0.714. The zero-order valence-corrected chi connectivity index (χ0v) is 35.7. The summed E-state index contributed by atoms with van der Waals surface area (Å²) in [6.07, 6.45) is 0.253. The van der Waals surface area contributed by atoms with E-state index in [2.05, 4.69) is 10.6 Å². The maximum atomic E-state index is 14.3. The SMILES string of the molecule is CCOC(=O)N(C)C(C(=O)N[C@H](C(=O)N(C)[C@H]([C@H](C=O)CC(=O)N1CCC[C@H]1[C@H](OC)[C@@H](C)C(=O)N[C@H](C)[C@@H](O)c1ccccc1)[C@@H](C)CC)C(C)C)C(C)C. The third-order valence-corrected chi connectivity index (χ3v) is 11.3. The maximum Gasteiger partial charge on any atom is 0.410 e. The van der Waals surface area contributed by atoms with Gasteiger partial charge in [-0.2, -0.15) is 0 Å². The Bertz CT molecular complexity index is 1440. The van der Waals surface area contributed by atoms with Gasteiger partial charge in [0.25, 0.3) is 0 Å². The molecule has 14 nitrogen and oxygen atoms in total. The minimum absolute atomic E-state index is 0.146. The van der Waals surface area contributed by atoms with E-state index in [0.29, 0.717) is 31.4 Å². The molecule has 0 bridgehead atoms. The van der Waals surface area contributed by atoms with Gasteiger partial charge in [0.05, 0.1) is 36.8 Å². The molecule has 316 valence electrons. The Hall–Kier alpha value is -4.04. The number of rotatable bonds is 21. The smallest absolute Gasteiger partial charge is 0.410 e. The Labute approximate surface area is 334 Å². The topological polar surface area (TPSA) is 175 Å². The molecule has 1 aromatic carbocycles. The van der Waals surface area contributed by atoms with E-state index in [0.717, 1.165) is 6.29 Å². The van der Waals surface area contributed by atoms with Gasteiger partial charge in [-0.05, 0) is 50.0 Å². The third kappa shape index (κ3) is 12.2. The normalized spacial score (nSPS) is 19.1. The zero-order chi connectivity index (χ0) is 42.4. The predicted octanol–water partition coefficient (Wildman–Crippen LogP) is 4.20. The molecule has 0 spiro atoms. The molecule has 0 saturated carbocycles. The lowest BCUT2D eigenvalue weighted by atomic mass is 9.84. The molecular formula is C42H69N5O9. The van der Waals surface area contributed by atoms with Crippen molar-refractivity contribution in [1.82, 2.24) is 25.3 Å². The second-order valence-corrected chi connectivity index (χ2v) is 16.0. The Morgan fingerprint density at radius 3 is 2.07 bits per heavy atom. The Kier molecular flexibility index (Phi) is 19.4. The zero-order valence-electron chi connectivity index (χ0n) is 35.7. The third-order valence-electron chi connectivity index (χ3n) is 11.3. The van der Waals surface area contributed by atoms with Gasteiger partial charge < -0.3 is 39.8 Å². The van der Waals surface area contributed by atoms with Crippen LogP contribution in [0.25, 0.3) is 0 Å². The first kappa shape index (κ1) is 48.1. The lowest BCUT2D eigenvalue weighted by Crippen LogP contribution is -2.59. The van der Waals surface area contributed by atoms with Crippen LogP contribution in [-0.2, 0) is 33.4 Å². The quantitative estimate of drug-likeness (QED) is 0.154. The summed E-state index contributed by atoms with van der Waals surface area (Å²) < 4.78 is 11.0. The van der Waals surface area contributed by atoms with E-state index < -0.39 is 72.2 Å². The molecule has 1 saturated heterocycles. The maximum absolute atomic E-state index is 14.3. The first-order valence-corrected chi connectivity index (χ1v) is 20.2. The van der Waals surface area contributed by atoms with E-state index in [-0.39, 0.29) is 42.6 Å². The van der Waals surface area contributed by atoms with Crippen LogP contribution in [0.1, 0.15) is 99.7 Å². The van der Waals surface area contributed by atoms with Gasteiger partial charge in [0, 0.05) is 46.1 Å². The first-order valence-electron chi connectivity index (χ1n) is 20.2. The number of amides is 5. The molecule has 3 N–H and O–H groups in total. The molecule has 14 heteroatoms. The fourth-order valence-corrected chi connectivity index (χ4v) is 7.94. The fourth-order valence-electron chi connectivity index (χ4n) is 7.94. The van der Waals surface area contributed by atoms with Crippen LogP contribution in [0.5, 0.6) is 0 Å². The Morgan fingerprint density at radius 2 is 1.55 bits per heavy atom. The molecule has 1 aliphatic heterocycles. The lowest BCUT2D eigenvalue weighted by molar-refractivity contribution is -0.145. The molecule has 1 heterocycles. The van der Waals surface area contributed by atoms with Crippen LogP contribution >= 0.6 is 0 Å². The van der Waals surface area contributed by atoms with Gasteiger partial charge in [-0.15, -0.1) is 0 Å². The first-order chi connectivity index (χ1) is 26.4. The number of carbonyl (C=O) groups excluding carboxylic acids is 6. The van der Waals surface area contributed by atoms with Gasteiger partial charge in [0.2, 0.25) is 23.6 Å². The molecule has 10 atom stereocenters. The minimum atomic E-state index is -0.978. The highest BCUT2D eigenvalue weighted by molar-refractivity contribution is 5.92. The summed E-state index contributed by atoms with van der Waals surface area (Å²) in [7, 11) is 4.59. The molecule has 1 unspecified atom stereocenters. The number of aldehydes is 1. The van der Waals surface area contributed by atoms with Crippen LogP contribution in [0.2, 0.25) is 0 Å². The van der Waals surface area contributed by atoms with E-state index in [1.54, 1.807) is 58.7 Å². The minimum Gasteiger partial charge on any atom is -0.450 e. The van der Waals surface area contributed by atoms with Gasteiger partial charge in [-0.3, -0.25) is 24.1 Å². The number of likely N-dealkylation sites (tertiary alicyclic amines) is 1. The number of likely N-dealkylation sites (N-methyl/N-ethyl adjacent to an activating group) is 2. The average Bonchev–Trinajstić information content (AvgIpc) is 3.65. The largest absolute Gasteiger partial charge is 0.450 e. The van der Waals surface area contributed by atoms with Crippen molar-refractivity contribution in [2.75, 3.05) is 34.4 Å². The van der Waals surface area contributed by atoms with E-state index in [1.807, 2.05) is 45.9 Å². The summed E-state index contributed by atoms with van der Waals surface area (Å²) in [6, 6.07) is 5.51. The van der Waals surface area contributed by atoms with Crippen molar-refractivity contribution < 1.29 is 43.3 Å². The lowest BCUT2D eigenvalue weighted by Gasteiger charge is -2.40. The average molecular weight is 788 g/mol. The van der Waals surface area contributed by atoms with Crippen LogP contribution in [0.15, 0.2) is 30.3 Å². The molecule has 0 aliphatic carbocycles. The molecule has 1 aromatic rings.